The zero-order chi connectivity index (χ0) is 14.7. The molecule has 1 atom stereocenters. The standard InChI is InChI=1S/C16H17NO3/c1-11-8-14(18)9-12(2)17(11)15(16(19)20)10-13-6-4-3-5-7-13/h3-9,15H,10H2,1-2H3,(H,19,20). The van der Waals surface area contributed by atoms with Crippen molar-refractivity contribution in [2.75, 3.05) is 0 Å². The molecule has 1 N–H and O–H groups in total. The van der Waals surface area contributed by atoms with Gasteiger partial charge in [-0.25, -0.2) is 4.79 Å². The van der Waals surface area contributed by atoms with Crippen LogP contribution in [0.25, 0.3) is 0 Å². The van der Waals surface area contributed by atoms with Crippen molar-refractivity contribution in [2.45, 2.75) is 26.3 Å². The summed E-state index contributed by atoms with van der Waals surface area (Å²) in [5.41, 5.74) is 2.19. The van der Waals surface area contributed by atoms with Gasteiger partial charge in [0.15, 0.2) is 5.43 Å². The molecule has 20 heavy (non-hydrogen) atoms. The van der Waals surface area contributed by atoms with Gasteiger partial charge in [-0.3, -0.25) is 4.79 Å². The minimum atomic E-state index is -0.899. The predicted molar refractivity (Wildman–Crippen MR) is 77.0 cm³/mol. The highest BCUT2D eigenvalue weighted by atomic mass is 16.4. The Morgan fingerprint density at radius 1 is 1.15 bits per heavy atom. The second kappa shape index (κ2) is 5.74. The van der Waals surface area contributed by atoms with Gasteiger partial charge in [0.1, 0.15) is 6.04 Å². The highest BCUT2D eigenvalue weighted by molar-refractivity contribution is 5.72. The summed E-state index contributed by atoms with van der Waals surface area (Å²) in [7, 11) is 0. The van der Waals surface area contributed by atoms with Gasteiger partial charge >= 0.3 is 5.97 Å². The molecule has 2 aromatic rings. The second-order valence-corrected chi connectivity index (χ2v) is 4.89. The van der Waals surface area contributed by atoms with E-state index in [1.807, 2.05) is 30.3 Å². The summed E-state index contributed by atoms with van der Waals surface area (Å²) < 4.78 is 1.71. The Hall–Kier alpha value is -2.36. The van der Waals surface area contributed by atoms with Crippen molar-refractivity contribution in [2.24, 2.45) is 0 Å². The van der Waals surface area contributed by atoms with Crippen molar-refractivity contribution < 1.29 is 9.90 Å². The van der Waals surface area contributed by atoms with Crippen LogP contribution in [0, 0.1) is 13.8 Å². The van der Waals surface area contributed by atoms with Gasteiger partial charge in [-0.05, 0) is 19.4 Å². The first-order valence-electron chi connectivity index (χ1n) is 6.45. The SMILES string of the molecule is Cc1cc(=O)cc(C)n1C(Cc1ccccc1)C(=O)O. The lowest BCUT2D eigenvalue weighted by molar-refractivity contribution is -0.141. The number of hydrogen-bond donors (Lipinski definition) is 1. The molecule has 4 nitrogen and oxygen atoms in total. The Kier molecular flexibility index (Phi) is 4.03. The highest BCUT2D eigenvalue weighted by Crippen LogP contribution is 2.18. The fourth-order valence-corrected chi connectivity index (χ4v) is 2.49. The van der Waals surface area contributed by atoms with Gasteiger partial charge in [-0.1, -0.05) is 30.3 Å². The molecule has 0 saturated heterocycles. The van der Waals surface area contributed by atoms with Crippen LogP contribution in [0.5, 0.6) is 0 Å². The zero-order valence-corrected chi connectivity index (χ0v) is 11.5. The second-order valence-electron chi connectivity index (χ2n) is 4.89. The van der Waals surface area contributed by atoms with Gasteiger partial charge in [0.05, 0.1) is 0 Å². The third-order valence-corrected chi connectivity index (χ3v) is 3.33. The summed E-state index contributed by atoms with van der Waals surface area (Å²) in [6, 6.07) is 11.7. The molecule has 2 rings (SSSR count). The average molecular weight is 271 g/mol. The van der Waals surface area contributed by atoms with Crippen molar-refractivity contribution >= 4 is 5.97 Å². The Morgan fingerprint density at radius 3 is 2.20 bits per heavy atom. The highest BCUT2D eigenvalue weighted by Gasteiger charge is 2.22. The van der Waals surface area contributed by atoms with E-state index in [2.05, 4.69) is 0 Å². The summed E-state index contributed by atoms with van der Waals surface area (Å²) >= 11 is 0. The molecule has 0 aliphatic carbocycles. The van der Waals surface area contributed by atoms with Crippen molar-refractivity contribution in [3.63, 3.8) is 0 Å². The van der Waals surface area contributed by atoms with E-state index in [9.17, 15) is 14.7 Å². The summed E-state index contributed by atoms with van der Waals surface area (Å²) in [6.45, 7) is 3.52. The van der Waals surface area contributed by atoms with Crippen LogP contribution >= 0.6 is 0 Å². The summed E-state index contributed by atoms with van der Waals surface area (Å²) in [5.74, 6) is -0.899. The van der Waals surface area contributed by atoms with Crippen molar-refractivity contribution in [1.82, 2.24) is 4.57 Å². The van der Waals surface area contributed by atoms with E-state index in [0.29, 0.717) is 17.8 Å². The molecule has 0 aliphatic heterocycles. The van der Waals surface area contributed by atoms with Crippen LogP contribution in [0.15, 0.2) is 47.3 Å². The molecule has 0 amide bonds. The van der Waals surface area contributed by atoms with Gasteiger partial charge in [0, 0.05) is 29.9 Å². The number of aromatic nitrogens is 1. The number of aryl methyl sites for hydroxylation is 2. The molecular formula is C16H17NO3. The number of aliphatic carboxylic acids is 1. The maximum absolute atomic E-state index is 11.6. The molecule has 1 aromatic heterocycles. The molecule has 0 saturated carbocycles. The monoisotopic (exact) mass is 271 g/mol. The number of benzene rings is 1. The van der Waals surface area contributed by atoms with E-state index >= 15 is 0 Å². The van der Waals surface area contributed by atoms with Gasteiger partial charge in [-0.2, -0.15) is 0 Å². The molecule has 4 heteroatoms. The van der Waals surface area contributed by atoms with Crippen LogP contribution in [0.2, 0.25) is 0 Å². The quantitative estimate of drug-likeness (QED) is 0.928. The molecule has 0 aliphatic rings. The van der Waals surface area contributed by atoms with E-state index in [1.165, 1.54) is 12.1 Å². The molecule has 0 fully saturated rings. The van der Waals surface area contributed by atoms with E-state index in [0.717, 1.165) is 5.56 Å². The fraction of sp³-hybridized carbons (Fsp3) is 0.250. The number of carbonyl (C=O) groups is 1. The van der Waals surface area contributed by atoms with E-state index in [-0.39, 0.29) is 5.43 Å². The lowest BCUT2D eigenvalue weighted by Crippen LogP contribution is -2.26. The average Bonchev–Trinajstić information content (AvgIpc) is 2.37. The maximum Gasteiger partial charge on any atom is 0.327 e. The Labute approximate surface area is 117 Å². The van der Waals surface area contributed by atoms with E-state index in [4.69, 9.17) is 0 Å². The number of pyridine rings is 1. The van der Waals surface area contributed by atoms with Crippen molar-refractivity contribution in [1.29, 1.82) is 0 Å². The number of rotatable bonds is 4. The normalized spacial score (nSPS) is 12.1. The van der Waals surface area contributed by atoms with Gasteiger partial charge in [0.25, 0.3) is 0 Å². The molecule has 0 bridgehead atoms. The van der Waals surface area contributed by atoms with Crippen molar-refractivity contribution in [3.8, 4) is 0 Å². The third-order valence-electron chi connectivity index (χ3n) is 3.33. The maximum atomic E-state index is 11.6. The van der Waals surface area contributed by atoms with Crippen LogP contribution < -0.4 is 5.43 Å². The predicted octanol–water partition coefficient (Wildman–Crippen LogP) is 2.33. The molecule has 104 valence electrons. The smallest absolute Gasteiger partial charge is 0.327 e. The lowest BCUT2D eigenvalue weighted by atomic mass is 10.0. The Bertz CT molecular complexity index is 648. The van der Waals surface area contributed by atoms with Gasteiger partial charge in [-0.15, -0.1) is 0 Å². The van der Waals surface area contributed by atoms with Crippen molar-refractivity contribution in [3.05, 3.63) is 69.6 Å². The van der Waals surface area contributed by atoms with Crippen LogP contribution in [0.3, 0.4) is 0 Å². The number of hydrogen-bond acceptors (Lipinski definition) is 2. The Morgan fingerprint density at radius 2 is 1.70 bits per heavy atom. The third kappa shape index (κ3) is 2.96. The molecular weight excluding hydrogens is 254 g/mol. The topological polar surface area (TPSA) is 59.3 Å². The molecule has 0 radical (unpaired) electrons. The minimum absolute atomic E-state index is 0.0971. The van der Waals surface area contributed by atoms with Gasteiger partial charge in [0.2, 0.25) is 0 Å². The van der Waals surface area contributed by atoms with Crippen LogP contribution in [-0.2, 0) is 11.2 Å². The fourth-order valence-electron chi connectivity index (χ4n) is 2.49. The minimum Gasteiger partial charge on any atom is -0.480 e. The van der Waals surface area contributed by atoms with Crippen LogP contribution in [-0.4, -0.2) is 15.6 Å². The van der Waals surface area contributed by atoms with E-state index < -0.39 is 12.0 Å². The molecule has 1 unspecified atom stereocenters. The number of carboxylic acids is 1. The summed E-state index contributed by atoms with van der Waals surface area (Å²) in [6.07, 6.45) is 0.390. The van der Waals surface area contributed by atoms with E-state index in [1.54, 1.807) is 18.4 Å². The van der Waals surface area contributed by atoms with Gasteiger partial charge < -0.3 is 9.67 Å². The molecule has 1 heterocycles. The number of nitrogens with zero attached hydrogens (tertiary/aromatic N) is 1. The molecule has 1 aromatic carbocycles. The number of carboxylic acid groups (broad SMARTS) is 1. The first-order valence-corrected chi connectivity index (χ1v) is 6.45. The first kappa shape index (κ1) is 14.1. The largest absolute Gasteiger partial charge is 0.480 e. The Balaban J connectivity index is 2.45. The summed E-state index contributed by atoms with van der Waals surface area (Å²) in [5, 5.41) is 9.51. The van der Waals surface area contributed by atoms with Crippen LogP contribution in [0.1, 0.15) is 23.0 Å². The van der Waals surface area contributed by atoms with Crippen LogP contribution in [0.4, 0.5) is 0 Å². The zero-order valence-electron chi connectivity index (χ0n) is 11.5. The first-order chi connectivity index (χ1) is 9.49. The lowest BCUT2D eigenvalue weighted by Gasteiger charge is -2.22. The summed E-state index contributed by atoms with van der Waals surface area (Å²) in [4.78, 5) is 23.0. The molecule has 0 spiro atoms.